The second-order valence-corrected chi connectivity index (χ2v) is 7.19. The van der Waals surface area contributed by atoms with Crippen LogP contribution in [0, 0.1) is 5.92 Å². The van der Waals surface area contributed by atoms with Crippen molar-refractivity contribution in [2.45, 2.75) is 44.4 Å². The molecule has 136 valence electrons. The number of benzene rings is 1. The fraction of sp³-hybridized carbons (Fsp3) is 0.579. The highest BCUT2D eigenvalue weighted by Crippen LogP contribution is 2.33. The number of hydrogen-bond donors (Lipinski definition) is 2. The molecule has 2 saturated carbocycles. The minimum atomic E-state index is -0.774. The smallest absolute Gasteiger partial charge is 0.317 e. The summed E-state index contributed by atoms with van der Waals surface area (Å²) in [6.45, 7) is 1.51. The first-order valence-corrected chi connectivity index (χ1v) is 8.89. The van der Waals surface area contributed by atoms with Crippen LogP contribution in [0.4, 0.5) is 0 Å². The largest absolute Gasteiger partial charge is 0.480 e. The lowest BCUT2D eigenvalue weighted by atomic mass is 9.85. The highest BCUT2D eigenvalue weighted by atomic mass is 16.5. The van der Waals surface area contributed by atoms with Gasteiger partial charge in [0.15, 0.2) is 0 Å². The first-order valence-electron chi connectivity index (χ1n) is 8.89. The van der Waals surface area contributed by atoms with Crippen molar-refractivity contribution in [1.82, 2.24) is 10.2 Å². The molecule has 3 rings (SSSR count). The fourth-order valence-corrected chi connectivity index (χ4v) is 3.34. The van der Waals surface area contributed by atoms with Crippen LogP contribution in [0.5, 0.6) is 0 Å². The molecular weight excluding hydrogens is 320 g/mol. The molecule has 1 aromatic rings. The molecule has 2 fully saturated rings. The van der Waals surface area contributed by atoms with E-state index in [1.165, 1.54) is 12.8 Å². The summed E-state index contributed by atoms with van der Waals surface area (Å²) >= 11 is 0. The van der Waals surface area contributed by atoms with Gasteiger partial charge >= 0.3 is 5.97 Å². The van der Waals surface area contributed by atoms with Gasteiger partial charge in [-0.25, -0.2) is 0 Å². The number of carbonyl (C=O) groups is 2. The minimum absolute atomic E-state index is 0.0700. The number of carbonyl (C=O) groups excluding carboxylic acids is 1. The van der Waals surface area contributed by atoms with Crippen molar-refractivity contribution in [3.8, 4) is 0 Å². The van der Waals surface area contributed by atoms with Crippen LogP contribution in [0.25, 0.3) is 0 Å². The average Bonchev–Trinajstić information content (AvgIpc) is 3.34. The molecule has 0 bridgehead atoms. The highest BCUT2D eigenvalue weighted by Gasteiger charge is 2.37. The van der Waals surface area contributed by atoms with E-state index in [1.54, 1.807) is 7.11 Å². The summed E-state index contributed by atoms with van der Waals surface area (Å²) in [5.41, 5.74) is 1.68. The van der Waals surface area contributed by atoms with E-state index in [4.69, 9.17) is 9.84 Å². The Balaban J connectivity index is 1.46. The molecule has 0 saturated heterocycles. The SMILES string of the molecule is COCc1ccc(C(=O)NC2CC(N(CC(=O)O)CC3CC3)C2)cc1. The first-order chi connectivity index (χ1) is 12.0. The zero-order chi connectivity index (χ0) is 17.8. The third kappa shape index (κ3) is 5.03. The van der Waals surface area contributed by atoms with Gasteiger partial charge < -0.3 is 15.2 Å². The number of ether oxygens (including phenoxy) is 1. The van der Waals surface area contributed by atoms with Crippen molar-refractivity contribution in [2.75, 3.05) is 20.2 Å². The number of hydrogen-bond acceptors (Lipinski definition) is 4. The topological polar surface area (TPSA) is 78.9 Å². The molecule has 6 nitrogen and oxygen atoms in total. The van der Waals surface area contributed by atoms with Gasteiger partial charge in [-0.1, -0.05) is 12.1 Å². The van der Waals surface area contributed by atoms with Gasteiger partial charge in [0.1, 0.15) is 0 Å². The molecule has 2 aliphatic carbocycles. The Bertz CT molecular complexity index is 606. The molecule has 1 amide bonds. The van der Waals surface area contributed by atoms with Gasteiger partial charge in [-0.15, -0.1) is 0 Å². The van der Waals surface area contributed by atoms with Gasteiger partial charge in [0.05, 0.1) is 13.2 Å². The molecule has 0 atom stereocenters. The van der Waals surface area contributed by atoms with Crippen LogP contribution in [0.3, 0.4) is 0 Å². The van der Waals surface area contributed by atoms with Crippen molar-refractivity contribution in [1.29, 1.82) is 0 Å². The summed E-state index contributed by atoms with van der Waals surface area (Å²) in [6, 6.07) is 7.81. The van der Waals surface area contributed by atoms with Gasteiger partial charge in [-0.05, 0) is 49.3 Å². The van der Waals surface area contributed by atoms with Crippen LogP contribution >= 0.6 is 0 Å². The molecule has 2 aliphatic rings. The molecule has 25 heavy (non-hydrogen) atoms. The van der Waals surface area contributed by atoms with Crippen LogP contribution < -0.4 is 5.32 Å². The molecule has 6 heteroatoms. The van der Waals surface area contributed by atoms with Crippen LogP contribution in [0.2, 0.25) is 0 Å². The number of nitrogens with one attached hydrogen (secondary N) is 1. The Morgan fingerprint density at radius 2 is 1.92 bits per heavy atom. The molecule has 0 radical (unpaired) electrons. The zero-order valence-corrected chi connectivity index (χ0v) is 14.6. The van der Waals surface area contributed by atoms with E-state index < -0.39 is 5.97 Å². The lowest BCUT2D eigenvalue weighted by molar-refractivity contribution is -0.139. The van der Waals surface area contributed by atoms with Crippen molar-refractivity contribution in [3.63, 3.8) is 0 Å². The molecule has 1 aromatic carbocycles. The number of nitrogens with zero attached hydrogens (tertiary/aromatic N) is 1. The third-order valence-electron chi connectivity index (χ3n) is 5.02. The van der Waals surface area contributed by atoms with E-state index in [-0.39, 0.29) is 24.5 Å². The molecular formula is C19H26N2O4. The van der Waals surface area contributed by atoms with Gasteiger partial charge in [-0.2, -0.15) is 0 Å². The minimum Gasteiger partial charge on any atom is -0.480 e. The third-order valence-corrected chi connectivity index (χ3v) is 5.02. The second-order valence-electron chi connectivity index (χ2n) is 7.19. The number of carboxylic acid groups (broad SMARTS) is 1. The van der Waals surface area contributed by atoms with Crippen LogP contribution in [0.15, 0.2) is 24.3 Å². The Morgan fingerprint density at radius 3 is 2.48 bits per heavy atom. The zero-order valence-electron chi connectivity index (χ0n) is 14.6. The summed E-state index contributed by atoms with van der Waals surface area (Å²) in [7, 11) is 1.64. The van der Waals surface area contributed by atoms with E-state index >= 15 is 0 Å². The summed E-state index contributed by atoms with van der Waals surface area (Å²) < 4.78 is 5.07. The van der Waals surface area contributed by atoms with E-state index in [0.717, 1.165) is 24.9 Å². The quantitative estimate of drug-likeness (QED) is 0.714. The van der Waals surface area contributed by atoms with Crippen LogP contribution in [-0.4, -0.2) is 54.2 Å². The summed E-state index contributed by atoms with van der Waals surface area (Å²) in [5.74, 6) is -0.178. The van der Waals surface area contributed by atoms with Gasteiger partial charge in [0.25, 0.3) is 5.91 Å². The van der Waals surface area contributed by atoms with Gasteiger partial charge in [0, 0.05) is 31.3 Å². The lowest BCUT2D eigenvalue weighted by Crippen LogP contribution is -2.55. The predicted octanol–water partition coefficient (Wildman–Crippen LogP) is 1.89. The van der Waals surface area contributed by atoms with E-state index in [2.05, 4.69) is 10.2 Å². The second kappa shape index (κ2) is 7.97. The van der Waals surface area contributed by atoms with E-state index in [9.17, 15) is 9.59 Å². The predicted molar refractivity (Wildman–Crippen MR) is 93.4 cm³/mol. The summed E-state index contributed by atoms with van der Waals surface area (Å²) in [5, 5.41) is 12.1. The summed E-state index contributed by atoms with van der Waals surface area (Å²) in [6.07, 6.45) is 4.07. The first kappa shape index (κ1) is 17.9. The van der Waals surface area contributed by atoms with E-state index in [1.807, 2.05) is 24.3 Å². The van der Waals surface area contributed by atoms with Crippen LogP contribution in [0.1, 0.15) is 41.6 Å². The van der Waals surface area contributed by atoms with E-state index in [0.29, 0.717) is 18.1 Å². The molecule has 2 N–H and O–H groups in total. The standard InChI is InChI=1S/C19H26N2O4/c1-25-12-14-4-6-15(7-5-14)19(24)20-16-8-17(9-16)21(11-18(22)23)10-13-2-3-13/h4-7,13,16-17H,2-3,8-12H2,1H3,(H,20,24)(H,22,23). The average molecular weight is 346 g/mol. The molecule has 0 unspecified atom stereocenters. The number of aliphatic carboxylic acids is 1. The molecule has 0 aliphatic heterocycles. The number of methoxy groups -OCH3 is 1. The van der Waals surface area contributed by atoms with Crippen molar-refractivity contribution >= 4 is 11.9 Å². The highest BCUT2D eigenvalue weighted by molar-refractivity contribution is 5.94. The number of carboxylic acids is 1. The van der Waals surface area contributed by atoms with Gasteiger partial charge in [-0.3, -0.25) is 14.5 Å². The lowest BCUT2D eigenvalue weighted by Gasteiger charge is -2.42. The number of amides is 1. The van der Waals surface area contributed by atoms with Crippen molar-refractivity contribution in [3.05, 3.63) is 35.4 Å². The Kier molecular flexibility index (Phi) is 5.71. The maximum absolute atomic E-state index is 12.3. The van der Waals surface area contributed by atoms with Crippen molar-refractivity contribution in [2.24, 2.45) is 5.92 Å². The number of rotatable bonds is 9. The fourth-order valence-electron chi connectivity index (χ4n) is 3.34. The van der Waals surface area contributed by atoms with Gasteiger partial charge in [0.2, 0.25) is 0 Å². The molecule has 0 heterocycles. The normalized spacial score (nSPS) is 22.5. The molecule has 0 spiro atoms. The maximum atomic E-state index is 12.3. The van der Waals surface area contributed by atoms with Crippen molar-refractivity contribution < 1.29 is 19.4 Å². The van der Waals surface area contributed by atoms with Crippen LogP contribution in [-0.2, 0) is 16.1 Å². The monoisotopic (exact) mass is 346 g/mol. The maximum Gasteiger partial charge on any atom is 0.317 e. The Labute approximate surface area is 148 Å². The Hall–Kier alpha value is -1.92. The summed E-state index contributed by atoms with van der Waals surface area (Å²) in [4.78, 5) is 25.4. The molecule has 0 aromatic heterocycles. The Morgan fingerprint density at radius 1 is 1.24 bits per heavy atom.